The van der Waals surface area contributed by atoms with Crippen LogP contribution in [0.5, 0.6) is 0 Å². The highest BCUT2D eigenvalue weighted by Crippen LogP contribution is 2.37. The number of carbonyl (C=O) groups excluding carboxylic acids is 1. The molecule has 2 heterocycles. The molecule has 1 atom stereocenters. The lowest BCUT2D eigenvalue weighted by atomic mass is 10.0. The molecule has 1 aliphatic heterocycles. The van der Waals surface area contributed by atoms with E-state index < -0.39 is 0 Å². The average Bonchev–Trinajstić information content (AvgIpc) is 3.34. The summed E-state index contributed by atoms with van der Waals surface area (Å²) in [5.41, 5.74) is 1.04. The molecular weight excluding hydrogens is 388 g/mol. The number of nitrogens with one attached hydrogen (secondary N) is 1. The van der Waals surface area contributed by atoms with E-state index in [2.05, 4.69) is 34.2 Å². The minimum Gasteiger partial charge on any atom is -0.311 e. The first-order valence-electron chi connectivity index (χ1n) is 10.3. The number of amides is 1. The molecule has 1 saturated carbocycles. The number of carbonyl (C=O) groups is 1. The molecule has 1 aromatic heterocycles. The second kappa shape index (κ2) is 9.35. The summed E-state index contributed by atoms with van der Waals surface area (Å²) in [6, 6.07) is 8.22. The van der Waals surface area contributed by atoms with E-state index in [1.165, 1.54) is 48.8 Å². The van der Waals surface area contributed by atoms with Crippen LogP contribution in [0.4, 0.5) is 5.69 Å². The summed E-state index contributed by atoms with van der Waals surface area (Å²) in [5, 5.41) is 8.56. The van der Waals surface area contributed by atoms with Crippen LogP contribution in [-0.4, -0.2) is 38.6 Å². The maximum atomic E-state index is 12.9. The normalized spacial score (nSPS) is 20.2. The standard InChI is InChI=1S/C21H28N4OS2/c1-15-12-13-25(17-8-4-5-9-18(17)28-15)20(26)14-27-21-22-19(23-24-21)11-10-16-6-2-3-7-16/h4-5,8-9,15-16H,2-3,6-7,10-14H2,1H3,(H,22,23,24). The SMILES string of the molecule is CC1CCN(C(=O)CSc2n[nH]c(CCC3CCCC3)n2)c2ccccc2S1. The van der Waals surface area contributed by atoms with E-state index >= 15 is 0 Å². The predicted octanol–water partition coefficient (Wildman–Crippen LogP) is 4.94. The van der Waals surface area contributed by atoms with Gasteiger partial charge in [-0.3, -0.25) is 9.89 Å². The molecule has 4 rings (SSSR count). The van der Waals surface area contributed by atoms with Gasteiger partial charge in [-0.15, -0.1) is 16.9 Å². The van der Waals surface area contributed by atoms with Crippen molar-refractivity contribution in [1.29, 1.82) is 0 Å². The number of aromatic amines is 1. The molecule has 2 aromatic rings. The van der Waals surface area contributed by atoms with Crippen molar-refractivity contribution in [3.05, 3.63) is 30.1 Å². The second-order valence-corrected chi connectivity index (χ2v) is 10.2. The Morgan fingerprint density at radius 1 is 1.29 bits per heavy atom. The number of H-pyrrole nitrogens is 1. The van der Waals surface area contributed by atoms with E-state index in [9.17, 15) is 4.79 Å². The molecule has 0 saturated heterocycles. The van der Waals surface area contributed by atoms with E-state index in [0.717, 1.165) is 36.8 Å². The summed E-state index contributed by atoms with van der Waals surface area (Å²) in [7, 11) is 0. The van der Waals surface area contributed by atoms with Crippen LogP contribution in [0.3, 0.4) is 0 Å². The summed E-state index contributed by atoms with van der Waals surface area (Å²) < 4.78 is 0. The predicted molar refractivity (Wildman–Crippen MR) is 116 cm³/mol. The zero-order valence-corrected chi connectivity index (χ0v) is 18.0. The number of nitrogens with zero attached hydrogens (tertiary/aromatic N) is 3. The molecule has 1 fully saturated rings. The van der Waals surface area contributed by atoms with Crippen LogP contribution in [0.15, 0.2) is 34.3 Å². The Balaban J connectivity index is 1.33. The van der Waals surface area contributed by atoms with Gasteiger partial charge in [-0.05, 0) is 30.9 Å². The summed E-state index contributed by atoms with van der Waals surface area (Å²) >= 11 is 3.29. The number of hydrogen-bond acceptors (Lipinski definition) is 5. The number of para-hydroxylation sites is 1. The van der Waals surface area contributed by atoms with Crippen molar-refractivity contribution in [1.82, 2.24) is 15.2 Å². The van der Waals surface area contributed by atoms with Gasteiger partial charge in [-0.1, -0.05) is 56.5 Å². The average molecular weight is 417 g/mol. The van der Waals surface area contributed by atoms with Crippen LogP contribution in [0.2, 0.25) is 0 Å². The highest BCUT2D eigenvalue weighted by Gasteiger charge is 2.24. The third-order valence-electron chi connectivity index (χ3n) is 5.64. The quantitative estimate of drug-likeness (QED) is 0.676. The highest BCUT2D eigenvalue weighted by molar-refractivity contribution is 8.00. The van der Waals surface area contributed by atoms with Crippen molar-refractivity contribution >= 4 is 35.1 Å². The monoisotopic (exact) mass is 416 g/mol. The Kier molecular flexibility index (Phi) is 6.62. The number of hydrogen-bond donors (Lipinski definition) is 1. The molecule has 2 aliphatic rings. The van der Waals surface area contributed by atoms with Gasteiger partial charge in [0.2, 0.25) is 11.1 Å². The van der Waals surface area contributed by atoms with Gasteiger partial charge < -0.3 is 4.90 Å². The van der Waals surface area contributed by atoms with Gasteiger partial charge in [0.05, 0.1) is 11.4 Å². The van der Waals surface area contributed by atoms with E-state index in [1.807, 2.05) is 28.8 Å². The Hall–Kier alpha value is -1.47. The molecule has 7 heteroatoms. The van der Waals surface area contributed by atoms with Crippen LogP contribution in [0, 0.1) is 5.92 Å². The van der Waals surface area contributed by atoms with E-state index in [1.54, 1.807) is 0 Å². The zero-order valence-electron chi connectivity index (χ0n) is 16.4. The largest absolute Gasteiger partial charge is 0.311 e. The first kappa shape index (κ1) is 19.8. The van der Waals surface area contributed by atoms with Gasteiger partial charge in [-0.25, -0.2) is 4.98 Å². The second-order valence-electron chi connectivity index (χ2n) is 7.77. The number of aryl methyl sites for hydroxylation is 1. The van der Waals surface area contributed by atoms with Crippen molar-refractivity contribution in [2.24, 2.45) is 5.92 Å². The minimum absolute atomic E-state index is 0.129. The first-order valence-corrected chi connectivity index (χ1v) is 12.2. The van der Waals surface area contributed by atoms with Gasteiger partial charge in [0.1, 0.15) is 5.82 Å². The molecule has 0 bridgehead atoms. The van der Waals surface area contributed by atoms with Gasteiger partial charge >= 0.3 is 0 Å². The van der Waals surface area contributed by atoms with E-state index in [0.29, 0.717) is 16.2 Å². The highest BCUT2D eigenvalue weighted by atomic mass is 32.2. The fourth-order valence-electron chi connectivity index (χ4n) is 4.04. The summed E-state index contributed by atoms with van der Waals surface area (Å²) in [4.78, 5) is 20.6. The van der Waals surface area contributed by atoms with Crippen LogP contribution in [0.1, 0.15) is 51.3 Å². The third-order valence-corrected chi connectivity index (χ3v) is 7.71. The van der Waals surface area contributed by atoms with E-state index in [4.69, 9.17) is 0 Å². The Bertz CT molecular complexity index is 803. The van der Waals surface area contributed by atoms with Gasteiger partial charge in [0.15, 0.2) is 0 Å². The fraction of sp³-hybridized carbons (Fsp3) is 0.571. The number of rotatable bonds is 6. The smallest absolute Gasteiger partial charge is 0.237 e. The molecule has 1 unspecified atom stereocenters. The molecule has 28 heavy (non-hydrogen) atoms. The van der Waals surface area contributed by atoms with Crippen molar-refractivity contribution in [2.45, 2.75) is 67.2 Å². The molecule has 1 aliphatic carbocycles. The van der Waals surface area contributed by atoms with Gasteiger partial charge in [0.25, 0.3) is 0 Å². The minimum atomic E-state index is 0.129. The molecule has 1 amide bonds. The number of anilines is 1. The molecule has 5 nitrogen and oxygen atoms in total. The summed E-state index contributed by atoms with van der Waals surface area (Å²) in [5.74, 6) is 2.30. The van der Waals surface area contributed by atoms with Gasteiger partial charge in [-0.2, -0.15) is 0 Å². The first-order chi connectivity index (χ1) is 13.7. The lowest BCUT2D eigenvalue weighted by Gasteiger charge is -2.22. The number of fused-ring (bicyclic) bond motifs is 1. The third kappa shape index (κ3) is 4.92. The molecule has 150 valence electrons. The van der Waals surface area contributed by atoms with Gasteiger partial charge in [0, 0.05) is 23.1 Å². The fourth-order valence-corrected chi connectivity index (χ4v) is 5.85. The van der Waals surface area contributed by atoms with Crippen LogP contribution in [-0.2, 0) is 11.2 Å². The number of benzene rings is 1. The summed E-state index contributed by atoms with van der Waals surface area (Å²) in [6.07, 6.45) is 8.63. The van der Waals surface area contributed by atoms with Crippen molar-refractivity contribution < 1.29 is 4.79 Å². The van der Waals surface area contributed by atoms with Crippen molar-refractivity contribution in [3.8, 4) is 0 Å². The Morgan fingerprint density at radius 2 is 2.11 bits per heavy atom. The number of aromatic nitrogens is 3. The summed E-state index contributed by atoms with van der Waals surface area (Å²) in [6.45, 7) is 3.00. The number of thioether (sulfide) groups is 2. The topological polar surface area (TPSA) is 61.9 Å². The molecule has 0 spiro atoms. The Labute approximate surface area is 175 Å². The zero-order chi connectivity index (χ0) is 19.3. The molecule has 0 radical (unpaired) electrons. The van der Waals surface area contributed by atoms with Crippen molar-refractivity contribution in [3.63, 3.8) is 0 Å². The maximum Gasteiger partial charge on any atom is 0.237 e. The van der Waals surface area contributed by atoms with Crippen LogP contribution >= 0.6 is 23.5 Å². The molecule has 1 N–H and O–H groups in total. The van der Waals surface area contributed by atoms with E-state index in [-0.39, 0.29) is 5.91 Å². The maximum absolute atomic E-state index is 12.9. The molecular formula is C21H28N4OS2. The molecule has 1 aromatic carbocycles. The Morgan fingerprint density at radius 3 is 2.96 bits per heavy atom. The van der Waals surface area contributed by atoms with Crippen LogP contribution < -0.4 is 4.90 Å². The lowest BCUT2D eigenvalue weighted by Crippen LogP contribution is -2.33. The van der Waals surface area contributed by atoms with Crippen LogP contribution in [0.25, 0.3) is 0 Å². The van der Waals surface area contributed by atoms with Crippen molar-refractivity contribution in [2.75, 3.05) is 17.2 Å². The lowest BCUT2D eigenvalue weighted by molar-refractivity contribution is -0.116.